The Bertz CT molecular complexity index is 1210. The first-order chi connectivity index (χ1) is 15.7. The lowest BCUT2D eigenvalue weighted by Crippen LogP contribution is -2.34. The Balaban J connectivity index is 1.96. The molecule has 4 rings (SSSR count). The van der Waals surface area contributed by atoms with Crippen LogP contribution < -0.4 is 10.5 Å². The molecule has 6 nitrogen and oxygen atoms in total. The van der Waals surface area contributed by atoms with Crippen molar-refractivity contribution in [2.24, 2.45) is 11.1 Å². The molecule has 1 amide bonds. The number of hydrogen-bond acceptors (Lipinski definition) is 3. The van der Waals surface area contributed by atoms with E-state index in [1.165, 1.54) is 19.3 Å². The van der Waals surface area contributed by atoms with Crippen LogP contribution in [0.4, 0.5) is 5.69 Å². The fourth-order valence-electron chi connectivity index (χ4n) is 5.74. The van der Waals surface area contributed by atoms with Crippen LogP contribution in [-0.4, -0.2) is 18.9 Å². The molecular formula is C27H39N3O3S. The Kier molecular flexibility index (Phi) is 6.26. The number of nitrogens with one attached hydrogen (secondary N) is 1. The molecule has 0 atom stereocenters. The van der Waals surface area contributed by atoms with Crippen LogP contribution in [0.25, 0.3) is 11.3 Å². The van der Waals surface area contributed by atoms with E-state index in [0.717, 1.165) is 47.5 Å². The third kappa shape index (κ3) is 4.69. The number of hydrogen-bond donors (Lipinski definition) is 2. The van der Waals surface area contributed by atoms with Gasteiger partial charge in [-0.1, -0.05) is 53.9 Å². The van der Waals surface area contributed by atoms with Crippen molar-refractivity contribution in [2.45, 2.75) is 102 Å². The fourth-order valence-corrected chi connectivity index (χ4v) is 6.54. The maximum absolute atomic E-state index is 12.5. The van der Waals surface area contributed by atoms with Gasteiger partial charge in [0.25, 0.3) is 0 Å². The number of rotatable bonds is 4. The summed E-state index contributed by atoms with van der Waals surface area (Å²) >= 11 is 0. The summed E-state index contributed by atoms with van der Waals surface area (Å²) < 4.78 is 27.1. The van der Waals surface area contributed by atoms with E-state index < -0.39 is 10.0 Å². The molecule has 1 saturated carbocycles. The number of aromatic nitrogens is 1. The number of sulfonamides is 1. The van der Waals surface area contributed by atoms with Crippen LogP contribution in [0.5, 0.6) is 0 Å². The van der Waals surface area contributed by atoms with Crippen molar-refractivity contribution in [1.29, 1.82) is 0 Å². The first kappa shape index (κ1) is 25.0. The third-order valence-electron chi connectivity index (χ3n) is 7.63. The molecule has 1 aliphatic carbocycles. The smallest absolute Gasteiger partial charge is 0.239 e. The highest BCUT2D eigenvalue weighted by atomic mass is 32.2. The van der Waals surface area contributed by atoms with E-state index in [-0.39, 0.29) is 21.6 Å². The van der Waals surface area contributed by atoms with E-state index in [4.69, 9.17) is 5.14 Å². The van der Waals surface area contributed by atoms with Gasteiger partial charge in [-0.25, -0.2) is 13.6 Å². The molecule has 0 saturated heterocycles. The highest BCUT2D eigenvalue weighted by Gasteiger charge is 2.36. The van der Waals surface area contributed by atoms with Crippen LogP contribution in [0.1, 0.15) is 90.0 Å². The van der Waals surface area contributed by atoms with Crippen LogP contribution in [-0.2, 0) is 32.2 Å². The lowest BCUT2D eigenvalue weighted by Gasteiger charge is -2.37. The molecule has 1 aliphatic heterocycles. The molecule has 0 spiro atoms. The molecular weight excluding hydrogens is 446 g/mol. The van der Waals surface area contributed by atoms with Gasteiger partial charge in [0.15, 0.2) is 0 Å². The number of primary sulfonamides is 1. The molecule has 0 bridgehead atoms. The quantitative estimate of drug-likeness (QED) is 0.589. The summed E-state index contributed by atoms with van der Waals surface area (Å²) in [5, 5.41) is 8.76. The average molecular weight is 486 g/mol. The second kappa shape index (κ2) is 8.52. The molecule has 0 radical (unpaired) electrons. The van der Waals surface area contributed by atoms with Gasteiger partial charge in [0, 0.05) is 35.5 Å². The van der Waals surface area contributed by atoms with E-state index in [9.17, 15) is 13.2 Å². The van der Waals surface area contributed by atoms with Gasteiger partial charge in [-0.15, -0.1) is 0 Å². The van der Waals surface area contributed by atoms with Gasteiger partial charge >= 0.3 is 0 Å². The van der Waals surface area contributed by atoms with Crippen molar-refractivity contribution in [3.05, 3.63) is 35.0 Å². The Morgan fingerprint density at radius 3 is 2.35 bits per heavy atom. The van der Waals surface area contributed by atoms with Gasteiger partial charge in [-0.3, -0.25) is 4.79 Å². The number of nitrogens with two attached hydrogens (primary N) is 1. The van der Waals surface area contributed by atoms with Crippen molar-refractivity contribution >= 4 is 21.6 Å². The zero-order chi connectivity index (χ0) is 25.1. The van der Waals surface area contributed by atoms with Gasteiger partial charge in [0.05, 0.1) is 0 Å². The van der Waals surface area contributed by atoms with Gasteiger partial charge in [-0.05, 0) is 66.0 Å². The summed E-state index contributed by atoms with van der Waals surface area (Å²) in [6.45, 7) is 13.3. The van der Waals surface area contributed by atoms with Gasteiger partial charge in [0.2, 0.25) is 15.9 Å². The molecule has 3 N–H and O–H groups in total. The van der Waals surface area contributed by atoms with Crippen LogP contribution in [0, 0.1) is 12.8 Å². The van der Waals surface area contributed by atoms with Crippen molar-refractivity contribution < 1.29 is 13.2 Å². The molecule has 2 aromatic rings. The zero-order valence-electron chi connectivity index (χ0n) is 21.4. The van der Waals surface area contributed by atoms with E-state index in [2.05, 4.69) is 56.6 Å². The summed E-state index contributed by atoms with van der Waals surface area (Å²) in [5.74, 6) is 0.561. The lowest BCUT2D eigenvalue weighted by molar-refractivity contribution is -0.117. The van der Waals surface area contributed by atoms with E-state index in [0.29, 0.717) is 18.0 Å². The van der Waals surface area contributed by atoms with Crippen LogP contribution in [0.15, 0.2) is 23.1 Å². The molecule has 1 aromatic carbocycles. The molecule has 2 aliphatic rings. The number of carbonyl (C=O) groups is 1. The molecule has 1 fully saturated rings. The van der Waals surface area contributed by atoms with Crippen LogP contribution in [0.3, 0.4) is 0 Å². The first-order valence-electron chi connectivity index (χ1n) is 12.4. The normalized spacial score (nSPS) is 19.1. The van der Waals surface area contributed by atoms with Gasteiger partial charge in [0.1, 0.15) is 4.90 Å². The second-order valence-electron chi connectivity index (χ2n) is 11.9. The molecule has 0 unspecified atom stereocenters. The largest absolute Gasteiger partial charge is 0.343 e. The van der Waals surface area contributed by atoms with E-state index in [1.54, 1.807) is 6.07 Å². The molecule has 7 heteroatoms. The zero-order valence-corrected chi connectivity index (χ0v) is 22.2. The minimum absolute atomic E-state index is 0.0313. The Labute approximate surface area is 204 Å². The van der Waals surface area contributed by atoms with Crippen molar-refractivity contribution in [3.63, 3.8) is 0 Å². The van der Waals surface area contributed by atoms with Crippen molar-refractivity contribution in [1.82, 2.24) is 4.57 Å². The van der Waals surface area contributed by atoms with Crippen molar-refractivity contribution in [2.75, 3.05) is 5.32 Å². The van der Waals surface area contributed by atoms with Gasteiger partial charge < -0.3 is 9.88 Å². The average Bonchev–Trinajstić information content (AvgIpc) is 3.03. The minimum atomic E-state index is -3.85. The summed E-state index contributed by atoms with van der Waals surface area (Å²) in [6, 6.07) is 6.01. The third-order valence-corrected chi connectivity index (χ3v) is 8.66. The highest BCUT2D eigenvalue weighted by molar-refractivity contribution is 7.89. The number of fused-ring (bicyclic) bond motifs is 1. The molecule has 186 valence electrons. The van der Waals surface area contributed by atoms with Crippen LogP contribution >= 0.6 is 0 Å². The molecule has 34 heavy (non-hydrogen) atoms. The second-order valence-corrected chi connectivity index (χ2v) is 13.5. The monoisotopic (exact) mass is 485 g/mol. The topological polar surface area (TPSA) is 94.2 Å². The number of benzene rings is 1. The first-order valence-corrected chi connectivity index (χ1v) is 14.0. The Morgan fingerprint density at radius 1 is 1.12 bits per heavy atom. The summed E-state index contributed by atoms with van der Waals surface area (Å²) in [7, 11) is -3.85. The summed E-state index contributed by atoms with van der Waals surface area (Å²) in [6.07, 6.45) is 6.47. The Morgan fingerprint density at radius 2 is 1.76 bits per heavy atom. The SMILES string of the molecule is Cc1c(S(N)(=O)=O)cc(-c2cc(C(C)(C)C)c3c(c2)C(C)(C)CC(=O)N3)n1CC1CCCCC1. The number of amides is 1. The number of nitrogens with zero attached hydrogens (tertiary/aromatic N) is 1. The van der Waals surface area contributed by atoms with E-state index in [1.807, 2.05) is 6.92 Å². The summed E-state index contributed by atoms with van der Waals surface area (Å²) in [4.78, 5) is 12.7. The number of anilines is 1. The Hall–Kier alpha value is -2.12. The fraction of sp³-hybridized carbons (Fsp3) is 0.593. The van der Waals surface area contributed by atoms with Crippen LogP contribution in [0.2, 0.25) is 0 Å². The number of carbonyl (C=O) groups excluding carboxylic acids is 1. The highest BCUT2D eigenvalue weighted by Crippen LogP contribution is 2.45. The predicted octanol–water partition coefficient (Wildman–Crippen LogP) is 5.61. The van der Waals surface area contributed by atoms with Crippen molar-refractivity contribution in [3.8, 4) is 11.3 Å². The molecule has 2 heterocycles. The molecule has 1 aromatic heterocycles. The lowest BCUT2D eigenvalue weighted by atomic mass is 9.73. The maximum Gasteiger partial charge on any atom is 0.239 e. The predicted molar refractivity (Wildman–Crippen MR) is 138 cm³/mol. The van der Waals surface area contributed by atoms with E-state index >= 15 is 0 Å². The van der Waals surface area contributed by atoms with Gasteiger partial charge in [-0.2, -0.15) is 0 Å². The minimum Gasteiger partial charge on any atom is -0.343 e. The standard InChI is InChI=1S/C27H39N3O3S/c1-17-23(34(28,32)33)14-22(30(17)16-18-10-8-7-9-11-18)19-12-20(26(2,3)4)25-21(13-19)27(5,6)15-24(31)29-25/h12-14,18H,7-11,15-16H2,1-6H3,(H,29,31)(H2,28,32,33). The summed E-state index contributed by atoms with van der Waals surface area (Å²) in [5.41, 5.74) is 5.06. The maximum atomic E-state index is 12.5.